The number of hydrazone groups is 1. The summed E-state index contributed by atoms with van der Waals surface area (Å²) >= 11 is 0. The van der Waals surface area contributed by atoms with Crippen molar-refractivity contribution in [3.8, 4) is 6.07 Å². The van der Waals surface area contributed by atoms with Gasteiger partial charge in [0.1, 0.15) is 42.2 Å². The Labute approximate surface area is 325 Å². The fraction of sp³-hybridized carbons (Fsp3) is 0.718. The van der Waals surface area contributed by atoms with Crippen LogP contribution in [0.3, 0.4) is 0 Å². The van der Waals surface area contributed by atoms with Gasteiger partial charge < -0.3 is 35.1 Å². The molecule has 55 heavy (non-hydrogen) atoms. The second-order valence-corrected chi connectivity index (χ2v) is 16.4. The third-order valence-electron chi connectivity index (χ3n) is 10.3. The van der Waals surface area contributed by atoms with Crippen LogP contribution < -0.4 is 5.73 Å². The van der Waals surface area contributed by atoms with Gasteiger partial charge in [-0.15, -0.1) is 0 Å². The van der Waals surface area contributed by atoms with Gasteiger partial charge in [-0.2, -0.15) is 10.4 Å². The molecule has 2 unspecified atom stereocenters. The number of unbranched alkanes of at least 4 members (excludes halogenated alkanes) is 13. The molecule has 0 aromatic heterocycles. The number of nitrogens with zero attached hydrogens (tertiary/aromatic N) is 4. The number of fused-ring (bicyclic) bond motifs is 1. The van der Waals surface area contributed by atoms with Gasteiger partial charge in [0.2, 0.25) is 0 Å². The number of hydrogen-bond donors (Lipinski definition) is 4. The molecule has 16 heteroatoms. The Morgan fingerprint density at radius 2 is 1.69 bits per heavy atom. The molecule has 0 radical (unpaired) electrons. The van der Waals surface area contributed by atoms with Crippen molar-refractivity contribution in [2.24, 2.45) is 15.8 Å². The van der Waals surface area contributed by atoms with Gasteiger partial charge in [-0.25, -0.2) is 13.9 Å². The van der Waals surface area contributed by atoms with E-state index >= 15 is 0 Å². The largest absolute Gasteiger partial charge is 0.472 e. The Balaban J connectivity index is 1.20. The second-order valence-electron chi connectivity index (χ2n) is 14.9. The number of nitrogens with two attached hydrogens (primary N) is 1. The van der Waals surface area contributed by atoms with Crippen LogP contribution in [0.15, 0.2) is 40.1 Å². The molecular formula is C39H61FN5O9P. The number of nitriles is 1. The van der Waals surface area contributed by atoms with Gasteiger partial charge in [0.05, 0.1) is 49.8 Å². The Hall–Kier alpha value is -2.77. The van der Waals surface area contributed by atoms with Crippen LogP contribution in [0, 0.1) is 17.1 Å². The molecule has 0 aliphatic carbocycles. The monoisotopic (exact) mass is 793 g/mol. The molecule has 1 saturated heterocycles. The van der Waals surface area contributed by atoms with Gasteiger partial charge >= 0.3 is 7.82 Å². The zero-order chi connectivity index (χ0) is 39.7. The number of ether oxygens (including phenoxy) is 3. The number of aliphatic imine (C=N–C) groups is 1. The lowest BCUT2D eigenvalue weighted by atomic mass is 9.95. The fourth-order valence-corrected chi connectivity index (χ4v) is 7.92. The number of hydrogen-bond acceptors (Lipinski definition) is 13. The topological polar surface area (TPSA) is 202 Å². The molecule has 14 nitrogen and oxygen atoms in total. The van der Waals surface area contributed by atoms with Crippen LogP contribution >= 0.6 is 7.82 Å². The highest BCUT2D eigenvalue weighted by Gasteiger charge is 2.56. The van der Waals surface area contributed by atoms with Gasteiger partial charge in [-0.3, -0.25) is 14.1 Å². The van der Waals surface area contributed by atoms with Crippen molar-refractivity contribution >= 4 is 20.0 Å². The van der Waals surface area contributed by atoms with Gasteiger partial charge in [-0.1, -0.05) is 96.5 Å². The van der Waals surface area contributed by atoms with Crippen LogP contribution in [0.4, 0.5) is 4.39 Å². The van der Waals surface area contributed by atoms with Gasteiger partial charge in [0.25, 0.3) is 0 Å². The van der Waals surface area contributed by atoms with E-state index in [4.69, 9.17) is 29.0 Å². The number of phosphoric ester groups is 1. The summed E-state index contributed by atoms with van der Waals surface area (Å²) in [6, 6.07) is 5.25. The minimum absolute atomic E-state index is 0.0257. The van der Waals surface area contributed by atoms with Crippen LogP contribution in [-0.4, -0.2) is 94.8 Å². The van der Waals surface area contributed by atoms with Crippen molar-refractivity contribution in [1.29, 1.82) is 5.26 Å². The summed E-state index contributed by atoms with van der Waals surface area (Å²) in [5.74, 6) is -0.323. The summed E-state index contributed by atoms with van der Waals surface area (Å²) in [5, 5.41) is 36.9. The van der Waals surface area contributed by atoms with E-state index in [1.54, 1.807) is 5.01 Å². The van der Waals surface area contributed by atoms with Crippen molar-refractivity contribution in [1.82, 2.24) is 5.01 Å². The maximum atomic E-state index is 14.0. The zero-order valence-corrected chi connectivity index (χ0v) is 33.3. The molecule has 5 N–H and O–H groups in total. The molecule has 1 aromatic carbocycles. The minimum atomic E-state index is -4.74. The number of aliphatic hydroxyl groups excluding tert-OH is 2. The van der Waals surface area contributed by atoms with E-state index < -0.39 is 62.9 Å². The fourth-order valence-electron chi connectivity index (χ4n) is 7.07. The third-order valence-corrected chi connectivity index (χ3v) is 11.2. The first-order valence-corrected chi connectivity index (χ1v) is 21.4. The lowest BCUT2D eigenvalue weighted by molar-refractivity contribution is -0.111. The van der Waals surface area contributed by atoms with E-state index in [9.17, 15) is 29.3 Å². The quantitative estimate of drug-likeness (QED) is 0.0568. The number of aliphatic hydroxyl groups is 2. The number of benzene rings is 1. The standard InChI is InChI=1S/C39H61FN5O9P/c1-3-4-5-6-7-8-9-10-11-12-13-14-15-16-19-50-25-32(51-24-30-20-29(23-41)21-31(40)22-30)26-52-55(48,49)53-27-39(2)37(47)35(46)36(54-39)33-17-18-34-38(42)43-28-44-45(33)34/h18,20-22,28,32-33,35-37,46-47H,3-17,19,24-27H2,1-2H3,(H,48,49)(H2,42,43,44)/t32-,33?,35+,36+,37+,39-/m1/s1. The van der Waals surface area contributed by atoms with Gasteiger partial charge in [0.15, 0.2) is 5.84 Å². The number of rotatable bonds is 27. The summed E-state index contributed by atoms with van der Waals surface area (Å²) in [6.45, 7) is 3.09. The maximum absolute atomic E-state index is 14.0. The van der Waals surface area contributed by atoms with E-state index in [0.29, 0.717) is 24.3 Å². The van der Waals surface area contributed by atoms with Crippen LogP contribution in [-0.2, 0) is 34.4 Å². The van der Waals surface area contributed by atoms with Crippen molar-refractivity contribution < 1.29 is 47.3 Å². The normalized spacial score (nSPS) is 25.0. The molecule has 3 aliphatic rings. The predicted molar refractivity (Wildman–Crippen MR) is 206 cm³/mol. The molecule has 0 spiro atoms. The van der Waals surface area contributed by atoms with E-state index in [2.05, 4.69) is 17.0 Å². The lowest BCUT2D eigenvalue weighted by Crippen LogP contribution is -2.46. The highest BCUT2D eigenvalue weighted by atomic mass is 31.2. The van der Waals surface area contributed by atoms with E-state index in [1.807, 2.05) is 12.1 Å². The molecular weight excluding hydrogens is 732 g/mol. The molecule has 1 fully saturated rings. The minimum Gasteiger partial charge on any atom is -0.387 e. The number of halogens is 1. The SMILES string of the molecule is CCCCCCCCCCCCCCCCOC[C@H](COP(=O)(O)OC[C@@]1(C)O[C@@H](C2CC=C3C(N)=NC=NN32)[C@H](O)[C@@H]1O)OCc1cc(F)cc(C#N)c1. The summed E-state index contributed by atoms with van der Waals surface area (Å²) in [4.78, 5) is 14.6. The first-order chi connectivity index (χ1) is 26.5. The smallest absolute Gasteiger partial charge is 0.387 e. The summed E-state index contributed by atoms with van der Waals surface area (Å²) in [7, 11) is -4.74. The summed E-state index contributed by atoms with van der Waals surface area (Å²) < 4.78 is 55.5. The van der Waals surface area contributed by atoms with Crippen LogP contribution in [0.1, 0.15) is 121 Å². The molecule has 7 atom stereocenters. The molecule has 0 bridgehead atoms. The molecule has 0 amide bonds. The predicted octanol–water partition coefficient (Wildman–Crippen LogP) is 6.37. The Kier molecular flexibility index (Phi) is 18.7. The highest BCUT2D eigenvalue weighted by Crippen LogP contribution is 2.47. The zero-order valence-electron chi connectivity index (χ0n) is 32.4. The average Bonchev–Trinajstić information content (AvgIpc) is 3.70. The van der Waals surface area contributed by atoms with Crippen LogP contribution in [0.5, 0.6) is 0 Å². The van der Waals surface area contributed by atoms with Gasteiger partial charge in [0, 0.05) is 6.61 Å². The Morgan fingerprint density at radius 1 is 1.04 bits per heavy atom. The number of phosphoric acid groups is 1. The van der Waals surface area contributed by atoms with Crippen molar-refractivity contribution in [3.63, 3.8) is 0 Å². The first-order valence-electron chi connectivity index (χ1n) is 19.9. The lowest BCUT2D eigenvalue weighted by Gasteiger charge is -2.32. The highest BCUT2D eigenvalue weighted by molar-refractivity contribution is 7.47. The van der Waals surface area contributed by atoms with Crippen molar-refractivity contribution in [3.05, 3.63) is 46.9 Å². The van der Waals surface area contributed by atoms with Crippen LogP contribution in [0.25, 0.3) is 0 Å². The van der Waals surface area contributed by atoms with E-state index in [-0.39, 0.29) is 24.6 Å². The molecule has 0 saturated carbocycles. The Morgan fingerprint density at radius 3 is 2.35 bits per heavy atom. The van der Waals surface area contributed by atoms with E-state index in [0.717, 1.165) is 25.3 Å². The van der Waals surface area contributed by atoms with Gasteiger partial charge in [-0.05, 0) is 43.5 Å². The van der Waals surface area contributed by atoms with Crippen LogP contribution in [0.2, 0.25) is 0 Å². The molecule has 308 valence electrons. The summed E-state index contributed by atoms with van der Waals surface area (Å²) in [5.41, 5.74) is 5.49. The first kappa shape index (κ1) is 44.9. The molecule has 4 rings (SSSR count). The van der Waals surface area contributed by atoms with Crippen molar-refractivity contribution in [2.75, 3.05) is 26.4 Å². The summed E-state index contributed by atoms with van der Waals surface area (Å²) in [6.07, 6.45) is 16.3. The Bertz CT molecular complexity index is 1530. The third kappa shape index (κ3) is 14.3. The average molecular weight is 794 g/mol. The molecule has 3 heterocycles. The van der Waals surface area contributed by atoms with E-state index in [1.165, 1.54) is 96.0 Å². The molecule has 1 aromatic rings. The van der Waals surface area contributed by atoms with Crippen molar-refractivity contribution in [2.45, 2.75) is 153 Å². The number of amidine groups is 1. The maximum Gasteiger partial charge on any atom is 0.472 e. The second kappa shape index (κ2) is 22.8. The molecule has 3 aliphatic heterocycles.